The summed E-state index contributed by atoms with van der Waals surface area (Å²) in [4.78, 5) is 28.5. The van der Waals surface area contributed by atoms with Crippen molar-refractivity contribution in [3.05, 3.63) is 72.3 Å². The van der Waals surface area contributed by atoms with Crippen molar-refractivity contribution in [2.75, 3.05) is 22.6 Å². The van der Waals surface area contributed by atoms with Gasteiger partial charge in [0.05, 0.1) is 27.9 Å². The van der Waals surface area contributed by atoms with Crippen LogP contribution in [0.15, 0.2) is 71.6 Å². The van der Waals surface area contributed by atoms with Gasteiger partial charge < -0.3 is 9.64 Å². The highest BCUT2D eigenvalue weighted by Crippen LogP contribution is 2.40. The van der Waals surface area contributed by atoms with Gasteiger partial charge in [0, 0.05) is 19.7 Å². The number of anilines is 2. The van der Waals surface area contributed by atoms with Gasteiger partial charge in [-0.1, -0.05) is 24.3 Å². The zero-order chi connectivity index (χ0) is 27.1. The van der Waals surface area contributed by atoms with Gasteiger partial charge in [0.25, 0.3) is 0 Å². The first-order valence-corrected chi connectivity index (χ1v) is 13.1. The number of halogens is 3. The first-order chi connectivity index (χ1) is 17.3. The van der Waals surface area contributed by atoms with Gasteiger partial charge in [0.1, 0.15) is 5.75 Å². The Balaban J connectivity index is 1.73. The molecule has 37 heavy (non-hydrogen) atoms. The largest absolute Gasteiger partial charge is 0.419 e. The number of benzene rings is 3. The summed E-state index contributed by atoms with van der Waals surface area (Å²) < 4.78 is 68.2. The number of alkyl halides is 3. The third kappa shape index (κ3) is 5.46. The second kappa shape index (κ2) is 9.55. The Kier molecular flexibility index (Phi) is 6.76. The number of ether oxygens (including phenoxy) is 1. The van der Waals surface area contributed by atoms with Crippen molar-refractivity contribution in [3.8, 4) is 16.9 Å². The molecule has 0 fully saturated rings. The lowest BCUT2D eigenvalue weighted by molar-refractivity contribution is -0.137. The number of sulfone groups is 1. The summed E-state index contributed by atoms with van der Waals surface area (Å²) >= 11 is 0. The molecule has 1 aliphatic heterocycles. The van der Waals surface area contributed by atoms with Crippen molar-refractivity contribution in [3.63, 3.8) is 0 Å². The van der Waals surface area contributed by atoms with Crippen molar-refractivity contribution < 1.29 is 35.9 Å². The fraction of sp³-hybridized carbons (Fsp3) is 0.231. The van der Waals surface area contributed by atoms with Crippen molar-refractivity contribution >= 4 is 33.2 Å². The molecule has 0 saturated heterocycles. The van der Waals surface area contributed by atoms with Gasteiger partial charge in [0.2, 0.25) is 5.91 Å². The highest BCUT2D eigenvalue weighted by Gasteiger charge is 2.35. The predicted molar refractivity (Wildman–Crippen MR) is 132 cm³/mol. The minimum Gasteiger partial charge on any atom is -0.410 e. The predicted octanol–water partition coefficient (Wildman–Crippen LogP) is 5.54. The summed E-state index contributed by atoms with van der Waals surface area (Å²) in [6.07, 6.45) is -4.40. The zero-order valence-corrected chi connectivity index (χ0v) is 20.9. The normalized spacial score (nSPS) is 15.8. The van der Waals surface area contributed by atoms with Gasteiger partial charge in [-0.15, -0.1) is 0 Å². The molecule has 0 bridgehead atoms. The summed E-state index contributed by atoms with van der Waals surface area (Å²) in [6.45, 7) is 3.18. The first-order valence-electron chi connectivity index (χ1n) is 11.2. The van der Waals surface area contributed by atoms with Crippen LogP contribution in [0.1, 0.15) is 19.4 Å². The molecule has 4 rings (SSSR count). The topological polar surface area (TPSA) is 84.0 Å². The van der Waals surface area contributed by atoms with E-state index in [1.807, 2.05) is 0 Å². The SMILES string of the molecule is CC(=O)N1c2ccc(-c3ccc(S(C)(=O)=O)cc3)cc2N(C(=O)Oc2cccc(C(F)(F)F)c2)CC1C. The quantitative estimate of drug-likeness (QED) is 0.443. The van der Waals surface area contributed by atoms with E-state index in [1.54, 1.807) is 37.3 Å². The fourth-order valence-electron chi connectivity index (χ4n) is 4.24. The standard InChI is InChI=1S/C26H23F3N2O5S/c1-16-15-30(25(33)36-21-6-4-5-20(14-21)26(27,28)29)24-13-19(9-12-23(24)31(16)17(2)32)18-7-10-22(11-8-18)37(3,34)35/h4-14,16H,15H2,1-3H3. The molecule has 1 aliphatic rings. The van der Waals surface area contributed by atoms with Gasteiger partial charge in [-0.3, -0.25) is 9.69 Å². The second-order valence-electron chi connectivity index (χ2n) is 8.74. The van der Waals surface area contributed by atoms with E-state index >= 15 is 0 Å². The van der Waals surface area contributed by atoms with Crippen LogP contribution in [0.25, 0.3) is 11.1 Å². The lowest BCUT2D eigenvalue weighted by atomic mass is 10.0. The van der Waals surface area contributed by atoms with Crippen LogP contribution in [-0.4, -0.2) is 39.3 Å². The Bertz CT molecular complexity index is 1470. The van der Waals surface area contributed by atoms with E-state index < -0.39 is 33.7 Å². The molecule has 194 valence electrons. The first kappa shape index (κ1) is 26.2. The van der Waals surface area contributed by atoms with E-state index in [-0.39, 0.29) is 23.1 Å². The van der Waals surface area contributed by atoms with Crippen LogP contribution < -0.4 is 14.5 Å². The van der Waals surface area contributed by atoms with Crippen LogP contribution in [0.5, 0.6) is 5.75 Å². The lowest BCUT2D eigenvalue weighted by Gasteiger charge is -2.40. The highest BCUT2D eigenvalue weighted by molar-refractivity contribution is 7.90. The van der Waals surface area contributed by atoms with E-state index in [0.29, 0.717) is 22.5 Å². The number of rotatable bonds is 3. The summed E-state index contributed by atoms with van der Waals surface area (Å²) in [5.74, 6) is -0.513. The third-order valence-corrected chi connectivity index (χ3v) is 7.08. The molecule has 0 N–H and O–H groups in total. The number of fused-ring (bicyclic) bond motifs is 1. The zero-order valence-electron chi connectivity index (χ0n) is 20.1. The van der Waals surface area contributed by atoms with Gasteiger partial charge in [0.15, 0.2) is 9.84 Å². The van der Waals surface area contributed by atoms with Crippen molar-refractivity contribution in [1.82, 2.24) is 0 Å². The minimum absolute atomic E-state index is 0.0425. The summed E-state index contributed by atoms with van der Waals surface area (Å²) in [6, 6.07) is 14.8. The van der Waals surface area contributed by atoms with Crippen molar-refractivity contribution in [1.29, 1.82) is 0 Å². The molecule has 1 atom stereocenters. The smallest absolute Gasteiger partial charge is 0.410 e. The van der Waals surface area contributed by atoms with Crippen LogP contribution >= 0.6 is 0 Å². The van der Waals surface area contributed by atoms with Crippen LogP contribution in [0.4, 0.5) is 29.3 Å². The fourth-order valence-corrected chi connectivity index (χ4v) is 4.87. The van der Waals surface area contributed by atoms with Crippen LogP contribution in [0, 0.1) is 0 Å². The Hall–Kier alpha value is -3.86. The van der Waals surface area contributed by atoms with Gasteiger partial charge in [-0.05, 0) is 60.5 Å². The Morgan fingerprint density at radius 1 is 0.946 bits per heavy atom. The monoisotopic (exact) mass is 532 g/mol. The molecule has 2 amide bonds. The number of hydrogen-bond acceptors (Lipinski definition) is 5. The molecule has 1 heterocycles. The van der Waals surface area contributed by atoms with E-state index in [2.05, 4.69) is 0 Å². The molecule has 3 aromatic carbocycles. The minimum atomic E-state index is -4.60. The maximum atomic E-state index is 13.2. The molecular formula is C26H23F3N2O5S. The number of amides is 2. The summed E-state index contributed by atoms with van der Waals surface area (Å²) in [5, 5.41) is 0. The molecule has 3 aromatic rings. The molecule has 0 aliphatic carbocycles. The maximum Gasteiger partial charge on any atom is 0.419 e. The van der Waals surface area contributed by atoms with Crippen LogP contribution in [-0.2, 0) is 20.8 Å². The molecule has 0 radical (unpaired) electrons. The molecule has 0 spiro atoms. The molecule has 7 nitrogen and oxygen atoms in total. The highest BCUT2D eigenvalue weighted by atomic mass is 32.2. The molecule has 0 aromatic heterocycles. The lowest BCUT2D eigenvalue weighted by Crippen LogP contribution is -2.52. The third-order valence-electron chi connectivity index (χ3n) is 5.96. The summed E-state index contributed by atoms with van der Waals surface area (Å²) in [5.41, 5.74) is 1.11. The van der Waals surface area contributed by atoms with Crippen LogP contribution in [0.3, 0.4) is 0 Å². The molecule has 1 unspecified atom stereocenters. The average Bonchev–Trinajstić information content (AvgIpc) is 2.82. The second-order valence-corrected chi connectivity index (χ2v) is 10.8. The van der Waals surface area contributed by atoms with Gasteiger partial charge in [-0.2, -0.15) is 13.2 Å². The van der Waals surface area contributed by atoms with Gasteiger partial charge >= 0.3 is 12.3 Å². The van der Waals surface area contributed by atoms with E-state index in [4.69, 9.17) is 4.74 Å². The number of carbonyl (C=O) groups is 2. The van der Waals surface area contributed by atoms with E-state index in [9.17, 15) is 31.2 Å². The molecule has 11 heteroatoms. The molecule has 0 saturated carbocycles. The Morgan fingerprint density at radius 2 is 1.59 bits per heavy atom. The molecular weight excluding hydrogens is 509 g/mol. The van der Waals surface area contributed by atoms with E-state index in [1.165, 1.54) is 34.9 Å². The summed E-state index contributed by atoms with van der Waals surface area (Å²) in [7, 11) is -3.39. The van der Waals surface area contributed by atoms with Crippen molar-refractivity contribution in [2.45, 2.75) is 31.0 Å². The average molecular weight is 533 g/mol. The number of nitrogens with zero attached hydrogens (tertiary/aromatic N) is 2. The van der Waals surface area contributed by atoms with E-state index in [0.717, 1.165) is 24.5 Å². The Morgan fingerprint density at radius 3 is 2.19 bits per heavy atom. The number of hydrogen-bond donors (Lipinski definition) is 0. The van der Waals surface area contributed by atoms with Crippen LogP contribution in [0.2, 0.25) is 0 Å². The maximum absolute atomic E-state index is 13.2. The van der Waals surface area contributed by atoms with Crippen molar-refractivity contribution in [2.24, 2.45) is 0 Å². The Labute approximate surface area is 212 Å². The number of carbonyl (C=O) groups excluding carboxylic acids is 2. The van der Waals surface area contributed by atoms with Gasteiger partial charge in [-0.25, -0.2) is 13.2 Å².